The average Bonchev–Trinajstić information content (AvgIpc) is 2.61. The maximum Gasteiger partial charge on any atom is 0.339 e. The molecular formula is C12H20N2O3. The van der Waals surface area contributed by atoms with Gasteiger partial charge in [-0.1, -0.05) is 20.3 Å². The highest BCUT2D eigenvalue weighted by atomic mass is 16.5. The fourth-order valence-electron chi connectivity index (χ4n) is 1.75. The highest BCUT2D eigenvalue weighted by Gasteiger charge is 2.15. The first-order valence-electron chi connectivity index (χ1n) is 5.88. The van der Waals surface area contributed by atoms with E-state index in [0.717, 1.165) is 12.8 Å². The highest BCUT2D eigenvalue weighted by Crippen LogP contribution is 2.11. The van der Waals surface area contributed by atoms with Crippen molar-refractivity contribution in [3.63, 3.8) is 0 Å². The maximum atomic E-state index is 10.9. The molecular weight excluding hydrogens is 220 g/mol. The Labute approximate surface area is 101 Å². The first-order chi connectivity index (χ1) is 8.06. The quantitative estimate of drug-likeness (QED) is 0.792. The molecule has 1 aromatic heterocycles. The zero-order valence-corrected chi connectivity index (χ0v) is 10.6. The molecule has 0 aliphatic carbocycles. The third-order valence-electron chi connectivity index (χ3n) is 2.71. The predicted molar refractivity (Wildman–Crippen MR) is 63.9 cm³/mol. The Hall–Kier alpha value is -1.36. The van der Waals surface area contributed by atoms with E-state index in [9.17, 15) is 4.79 Å². The molecule has 1 aromatic rings. The fourth-order valence-corrected chi connectivity index (χ4v) is 1.75. The van der Waals surface area contributed by atoms with E-state index in [4.69, 9.17) is 9.84 Å². The van der Waals surface area contributed by atoms with E-state index >= 15 is 0 Å². The lowest BCUT2D eigenvalue weighted by atomic mass is 10.1. The van der Waals surface area contributed by atoms with E-state index in [0.29, 0.717) is 24.8 Å². The smallest absolute Gasteiger partial charge is 0.339 e. The number of carboxylic acid groups (broad SMARTS) is 1. The largest absolute Gasteiger partial charge is 0.478 e. The van der Waals surface area contributed by atoms with Crippen molar-refractivity contribution in [3.8, 4) is 0 Å². The molecule has 0 aliphatic rings. The molecule has 5 nitrogen and oxygen atoms in total. The molecule has 96 valence electrons. The van der Waals surface area contributed by atoms with Crippen LogP contribution in [0.25, 0.3) is 0 Å². The van der Waals surface area contributed by atoms with E-state index in [1.807, 2.05) is 0 Å². The summed E-state index contributed by atoms with van der Waals surface area (Å²) in [5.74, 6) is -0.459. The van der Waals surface area contributed by atoms with E-state index in [1.165, 1.54) is 6.20 Å². The molecule has 1 N–H and O–H groups in total. The van der Waals surface area contributed by atoms with Gasteiger partial charge in [0.1, 0.15) is 5.56 Å². The number of aromatic nitrogens is 2. The van der Waals surface area contributed by atoms with Crippen LogP contribution in [-0.4, -0.2) is 27.5 Å². The number of carbonyl (C=O) groups is 1. The summed E-state index contributed by atoms with van der Waals surface area (Å²) in [6.45, 7) is 5.22. The van der Waals surface area contributed by atoms with Gasteiger partial charge in [0.25, 0.3) is 0 Å². The molecule has 5 heteroatoms. The molecule has 0 spiro atoms. The van der Waals surface area contributed by atoms with Crippen LogP contribution in [0.3, 0.4) is 0 Å². The molecule has 1 heterocycles. The Morgan fingerprint density at radius 2 is 2.35 bits per heavy atom. The normalized spacial score (nSPS) is 12.6. The topological polar surface area (TPSA) is 64.3 Å². The zero-order valence-electron chi connectivity index (χ0n) is 10.6. The zero-order chi connectivity index (χ0) is 12.8. The van der Waals surface area contributed by atoms with Gasteiger partial charge in [-0.3, -0.25) is 4.68 Å². The summed E-state index contributed by atoms with van der Waals surface area (Å²) in [6, 6.07) is 0. The van der Waals surface area contributed by atoms with Crippen molar-refractivity contribution in [1.82, 2.24) is 9.78 Å². The summed E-state index contributed by atoms with van der Waals surface area (Å²) >= 11 is 0. The summed E-state index contributed by atoms with van der Waals surface area (Å²) < 4.78 is 7.09. The number of carboxylic acids is 1. The van der Waals surface area contributed by atoms with Crippen LogP contribution in [0.4, 0.5) is 0 Å². The van der Waals surface area contributed by atoms with Gasteiger partial charge in [-0.25, -0.2) is 4.79 Å². The Bertz CT molecular complexity index is 374. The van der Waals surface area contributed by atoms with Crippen molar-refractivity contribution in [2.45, 2.75) is 33.3 Å². The van der Waals surface area contributed by atoms with Crippen molar-refractivity contribution in [2.75, 3.05) is 6.61 Å². The van der Waals surface area contributed by atoms with Crippen molar-refractivity contribution in [3.05, 3.63) is 17.5 Å². The number of ether oxygens (including phenoxy) is 1. The molecule has 0 amide bonds. The minimum Gasteiger partial charge on any atom is -0.478 e. The summed E-state index contributed by atoms with van der Waals surface area (Å²) in [6.07, 6.45) is 3.62. The lowest BCUT2D eigenvalue weighted by Crippen LogP contribution is -2.10. The molecule has 0 bridgehead atoms. The van der Waals surface area contributed by atoms with Crippen molar-refractivity contribution in [2.24, 2.45) is 13.0 Å². The number of hydrogen-bond donors (Lipinski definition) is 1. The number of aryl methyl sites for hydroxylation is 1. The predicted octanol–water partition coefficient (Wildman–Crippen LogP) is 2.07. The Morgan fingerprint density at radius 1 is 1.65 bits per heavy atom. The standard InChI is InChI=1S/C12H20N2O3/c1-4-5-9(2)7-17-8-11-10(12(15)16)6-13-14(11)3/h6,9H,4-5,7-8H2,1-3H3,(H,15,16). The van der Waals surface area contributed by atoms with Gasteiger partial charge in [-0.05, 0) is 12.3 Å². The Morgan fingerprint density at radius 3 is 2.94 bits per heavy atom. The van der Waals surface area contributed by atoms with Gasteiger partial charge in [-0.2, -0.15) is 5.10 Å². The van der Waals surface area contributed by atoms with E-state index < -0.39 is 5.97 Å². The second-order valence-electron chi connectivity index (χ2n) is 4.34. The lowest BCUT2D eigenvalue weighted by molar-refractivity contribution is 0.0672. The number of hydrogen-bond acceptors (Lipinski definition) is 3. The number of aromatic carboxylic acids is 1. The van der Waals surface area contributed by atoms with Gasteiger partial charge >= 0.3 is 5.97 Å². The summed E-state index contributed by atoms with van der Waals surface area (Å²) in [5, 5.41) is 12.9. The summed E-state index contributed by atoms with van der Waals surface area (Å²) in [4.78, 5) is 10.9. The summed E-state index contributed by atoms with van der Waals surface area (Å²) in [7, 11) is 1.72. The first-order valence-corrected chi connectivity index (χ1v) is 5.88. The number of nitrogens with zero attached hydrogens (tertiary/aromatic N) is 2. The number of rotatable bonds is 7. The minimum atomic E-state index is -0.960. The lowest BCUT2D eigenvalue weighted by Gasteiger charge is -2.11. The van der Waals surface area contributed by atoms with Crippen LogP contribution < -0.4 is 0 Å². The molecule has 0 aliphatic heterocycles. The van der Waals surface area contributed by atoms with Crippen molar-refractivity contribution < 1.29 is 14.6 Å². The van der Waals surface area contributed by atoms with E-state index in [1.54, 1.807) is 11.7 Å². The first kappa shape index (κ1) is 13.7. The second-order valence-corrected chi connectivity index (χ2v) is 4.34. The van der Waals surface area contributed by atoms with Gasteiger partial charge in [0.15, 0.2) is 0 Å². The van der Waals surface area contributed by atoms with Crippen molar-refractivity contribution >= 4 is 5.97 Å². The molecule has 1 rings (SSSR count). The maximum absolute atomic E-state index is 10.9. The third-order valence-corrected chi connectivity index (χ3v) is 2.71. The Kier molecular flexibility index (Phi) is 5.15. The minimum absolute atomic E-state index is 0.218. The van der Waals surface area contributed by atoms with Gasteiger partial charge < -0.3 is 9.84 Å². The van der Waals surface area contributed by atoms with Crippen LogP contribution >= 0.6 is 0 Å². The molecule has 17 heavy (non-hydrogen) atoms. The second kappa shape index (κ2) is 6.39. The van der Waals surface area contributed by atoms with Crippen LogP contribution in [-0.2, 0) is 18.4 Å². The molecule has 0 radical (unpaired) electrons. The molecule has 0 saturated carbocycles. The molecule has 0 aromatic carbocycles. The van der Waals surface area contributed by atoms with Crippen LogP contribution in [0.2, 0.25) is 0 Å². The Balaban J connectivity index is 2.51. The van der Waals surface area contributed by atoms with Gasteiger partial charge in [0.05, 0.1) is 18.5 Å². The van der Waals surface area contributed by atoms with Crippen LogP contribution in [0.15, 0.2) is 6.20 Å². The molecule has 1 atom stereocenters. The molecule has 0 saturated heterocycles. The van der Waals surface area contributed by atoms with Crippen LogP contribution in [0.1, 0.15) is 42.7 Å². The average molecular weight is 240 g/mol. The fraction of sp³-hybridized carbons (Fsp3) is 0.667. The van der Waals surface area contributed by atoms with Gasteiger partial charge in [0, 0.05) is 13.7 Å². The van der Waals surface area contributed by atoms with Gasteiger partial charge in [-0.15, -0.1) is 0 Å². The van der Waals surface area contributed by atoms with Crippen molar-refractivity contribution in [1.29, 1.82) is 0 Å². The monoisotopic (exact) mass is 240 g/mol. The third kappa shape index (κ3) is 3.85. The molecule has 1 unspecified atom stereocenters. The SMILES string of the molecule is CCCC(C)COCc1c(C(=O)O)cnn1C. The van der Waals surface area contributed by atoms with E-state index in [-0.39, 0.29) is 5.56 Å². The summed E-state index contributed by atoms with van der Waals surface area (Å²) in [5.41, 5.74) is 0.830. The van der Waals surface area contributed by atoms with E-state index in [2.05, 4.69) is 18.9 Å². The van der Waals surface area contributed by atoms with Gasteiger partial charge in [0.2, 0.25) is 0 Å². The van der Waals surface area contributed by atoms with Crippen LogP contribution in [0, 0.1) is 5.92 Å². The van der Waals surface area contributed by atoms with Crippen LogP contribution in [0.5, 0.6) is 0 Å². The molecule has 0 fully saturated rings. The highest BCUT2D eigenvalue weighted by molar-refractivity contribution is 5.88.